The lowest BCUT2D eigenvalue weighted by Gasteiger charge is -2.02. The van der Waals surface area contributed by atoms with Crippen LogP contribution in [0.1, 0.15) is 5.56 Å². The smallest absolute Gasteiger partial charge is 0.141 e. The van der Waals surface area contributed by atoms with Crippen LogP contribution in [0.2, 0.25) is 5.02 Å². The number of anilines is 1. The van der Waals surface area contributed by atoms with Crippen LogP contribution in [0.5, 0.6) is 0 Å². The zero-order valence-electron chi connectivity index (χ0n) is 8.85. The molecule has 0 amide bonds. The fourth-order valence-electron chi connectivity index (χ4n) is 1.36. The summed E-state index contributed by atoms with van der Waals surface area (Å²) in [6.45, 7) is 0. The van der Waals surface area contributed by atoms with Gasteiger partial charge in [0.25, 0.3) is 0 Å². The van der Waals surface area contributed by atoms with E-state index in [0.717, 1.165) is 21.4 Å². The first-order valence-electron chi connectivity index (χ1n) is 4.82. The highest BCUT2D eigenvalue weighted by Gasteiger charge is 2.06. The van der Waals surface area contributed by atoms with E-state index in [1.54, 1.807) is 22.6 Å². The Kier molecular flexibility index (Phi) is 3.41. The molecule has 0 radical (unpaired) electrons. The maximum absolute atomic E-state index is 6.07. The molecular formula is C11H12ClN3S. The Morgan fingerprint density at radius 1 is 1.44 bits per heavy atom. The van der Waals surface area contributed by atoms with Gasteiger partial charge in [-0.1, -0.05) is 41.6 Å². The molecule has 1 heterocycles. The molecule has 0 saturated heterocycles. The van der Waals surface area contributed by atoms with Crippen LogP contribution in [0.15, 0.2) is 35.5 Å². The van der Waals surface area contributed by atoms with E-state index in [-0.39, 0.29) is 0 Å². The van der Waals surface area contributed by atoms with E-state index in [2.05, 4.69) is 5.10 Å². The van der Waals surface area contributed by atoms with E-state index < -0.39 is 0 Å². The number of nitrogens with zero attached hydrogens (tertiary/aromatic N) is 2. The van der Waals surface area contributed by atoms with Crippen molar-refractivity contribution in [3.05, 3.63) is 41.0 Å². The van der Waals surface area contributed by atoms with Crippen molar-refractivity contribution >= 4 is 29.1 Å². The number of aryl methyl sites for hydroxylation is 1. The Morgan fingerprint density at radius 3 is 2.81 bits per heavy atom. The molecule has 0 fully saturated rings. The molecule has 16 heavy (non-hydrogen) atoms. The summed E-state index contributed by atoms with van der Waals surface area (Å²) in [5.41, 5.74) is 7.61. The van der Waals surface area contributed by atoms with Gasteiger partial charge in [0.1, 0.15) is 5.03 Å². The summed E-state index contributed by atoms with van der Waals surface area (Å²) in [5.74, 6) is 0.779. The summed E-state index contributed by atoms with van der Waals surface area (Å²) in [4.78, 5) is 0. The lowest BCUT2D eigenvalue weighted by molar-refractivity contribution is 0.738. The number of halogens is 1. The quantitative estimate of drug-likeness (QED) is 0.856. The first-order valence-corrected chi connectivity index (χ1v) is 6.18. The Labute approximate surface area is 104 Å². The molecule has 0 aliphatic rings. The van der Waals surface area contributed by atoms with Crippen LogP contribution in [0.25, 0.3) is 0 Å². The second-order valence-electron chi connectivity index (χ2n) is 3.44. The second kappa shape index (κ2) is 4.80. The summed E-state index contributed by atoms with van der Waals surface area (Å²) in [6, 6.07) is 7.79. The van der Waals surface area contributed by atoms with Crippen LogP contribution in [-0.2, 0) is 12.8 Å². The fraction of sp³-hybridized carbons (Fsp3) is 0.182. The number of rotatable bonds is 3. The minimum Gasteiger partial charge on any atom is -0.395 e. The molecular weight excluding hydrogens is 242 g/mol. The van der Waals surface area contributed by atoms with Gasteiger partial charge in [0.05, 0.1) is 5.69 Å². The summed E-state index contributed by atoms with van der Waals surface area (Å²) in [6.07, 6.45) is 1.80. The molecule has 1 aromatic carbocycles. The molecule has 3 nitrogen and oxygen atoms in total. The number of nitrogens with two attached hydrogens (primary N) is 1. The molecule has 5 heteroatoms. The standard InChI is InChI=1S/C11H12ClN3S/c1-15-6-10(13)11(14-15)16-7-8-4-2-3-5-9(8)12/h2-6H,7,13H2,1H3. The average Bonchev–Trinajstić information content (AvgIpc) is 2.56. The molecule has 84 valence electrons. The van der Waals surface area contributed by atoms with Crippen LogP contribution in [0.4, 0.5) is 5.69 Å². The summed E-state index contributed by atoms with van der Waals surface area (Å²) >= 11 is 7.66. The van der Waals surface area contributed by atoms with Gasteiger partial charge in [0.15, 0.2) is 0 Å². The molecule has 2 N–H and O–H groups in total. The first-order chi connectivity index (χ1) is 7.66. The summed E-state index contributed by atoms with van der Waals surface area (Å²) < 4.78 is 1.71. The minimum atomic E-state index is 0.708. The predicted octanol–water partition coefficient (Wildman–Crippen LogP) is 2.95. The molecule has 0 aliphatic carbocycles. The van der Waals surface area contributed by atoms with Gasteiger partial charge in [-0.05, 0) is 11.6 Å². The highest BCUT2D eigenvalue weighted by molar-refractivity contribution is 7.98. The molecule has 0 aliphatic heterocycles. The molecule has 0 spiro atoms. The molecule has 0 saturated carbocycles. The minimum absolute atomic E-state index is 0.708. The SMILES string of the molecule is Cn1cc(N)c(SCc2ccccc2Cl)n1. The Balaban J connectivity index is 2.08. The van der Waals surface area contributed by atoms with Gasteiger partial charge in [-0.25, -0.2) is 0 Å². The van der Waals surface area contributed by atoms with Gasteiger partial charge in [0.2, 0.25) is 0 Å². The van der Waals surface area contributed by atoms with Crippen LogP contribution in [0, 0.1) is 0 Å². The van der Waals surface area contributed by atoms with E-state index in [1.807, 2.05) is 31.3 Å². The number of hydrogen-bond acceptors (Lipinski definition) is 3. The lowest BCUT2D eigenvalue weighted by atomic mass is 10.2. The van der Waals surface area contributed by atoms with Crippen LogP contribution >= 0.6 is 23.4 Å². The van der Waals surface area contributed by atoms with Gasteiger partial charge < -0.3 is 5.73 Å². The molecule has 1 aromatic heterocycles. The fourth-order valence-corrected chi connectivity index (χ4v) is 2.59. The molecule has 2 rings (SSSR count). The predicted molar refractivity (Wildman–Crippen MR) is 68.6 cm³/mol. The van der Waals surface area contributed by atoms with Crippen molar-refractivity contribution < 1.29 is 0 Å². The van der Waals surface area contributed by atoms with E-state index in [0.29, 0.717) is 5.69 Å². The normalized spacial score (nSPS) is 10.6. The van der Waals surface area contributed by atoms with Crippen molar-refractivity contribution in [1.82, 2.24) is 9.78 Å². The highest BCUT2D eigenvalue weighted by atomic mass is 35.5. The van der Waals surface area contributed by atoms with Crippen LogP contribution in [0.3, 0.4) is 0 Å². The number of benzene rings is 1. The Morgan fingerprint density at radius 2 is 2.19 bits per heavy atom. The number of hydrogen-bond donors (Lipinski definition) is 1. The van der Waals surface area contributed by atoms with Crippen molar-refractivity contribution in [1.29, 1.82) is 0 Å². The molecule has 2 aromatic rings. The van der Waals surface area contributed by atoms with E-state index >= 15 is 0 Å². The van der Waals surface area contributed by atoms with Crippen molar-refractivity contribution in [2.75, 3.05) is 5.73 Å². The van der Waals surface area contributed by atoms with Crippen molar-refractivity contribution in [2.45, 2.75) is 10.8 Å². The first kappa shape index (κ1) is 11.4. The molecule has 0 unspecified atom stereocenters. The second-order valence-corrected chi connectivity index (χ2v) is 4.81. The number of nitrogen functional groups attached to an aromatic ring is 1. The molecule has 0 atom stereocenters. The maximum Gasteiger partial charge on any atom is 0.141 e. The number of thioether (sulfide) groups is 1. The zero-order chi connectivity index (χ0) is 11.5. The Bertz CT molecular complexity index is 496. The third kappa shape index (κ3) is 2.51. The zero-order valence-corrected chi connectivity index (χ0v) is 10.4. The van der Waals surface area contributed by atoms with E-state index in [9.17, 15) is 0 Å². The largest absolute Gasteiger partial charge is 0.395 e. The lowest BCUT2D eigenvalue weighted by Crippen LogP contribution is -1.88. The Hall–Kier alpha value is -1.13. The van der Waals surface area contributed by atoms with Gasteiger partial charge >= 0.3 is 0 Å². The van der Waals surface area contributed by atoms with Gasteiger partial charge in [-0.15, -0.1) is 0 Å². The van der Waals surface area contributed by atoms with Crippen molar-refractivity contribution in [2.24, 2.45) is 7.05 Å². The highest BCUT2D eigenvalue weighted by Crippen LogP contribution is 2.28. The van der Waals surface area contributed by atoms with Crippen LogP contribution in [-0.4, -0.2) is 9.78 Å². The van der Waals surface area contributed by atoms with Crippen LogP contribution < -0.4 is 5.73 Å². The maximum atomic E-state index is 6.07. The topological polar surface area (TPSA) is 43.8 Å². The van der Waals surface area contributed by atoms with Crippen molar-refractivity contribution in [3.63, 3.8) is 0 Å². The summed E-state index contributed by atoms with van der Waals surface area (Å²) in [7, 11) is 1.86. The monoisotopic (exact) mass is 253 g/mol. The van der Waals surface area contributed by atoms with Gasteiger partial charge in [-0.3, -0.25) is 4.68 Å². The average molecular weight is 254 g/mol. The van der Waals surface area contributed by atoms with Gasteiger partial charge in [0, 0.05) is 24.0 Å². The number of aromatic nitrogens is 2. The van der Waals surface area contributed by atoms with Crippen molar-refractivity contribution in [3.8, 4) is 0 Å². The third-order valence-electron chi connectivity index (χ3n) is 2.14. The van der Waals surface area contributed by atoms with Gasteiger partial charge in [-0.2, -0.15) is 5.10 Å². The van der Waals surface area contributed by atoms with E-state index in [1.165, 1.54) is 0 Å². The summed E-state index contributed by atoms with van der Waals surface area (Å²) in [5, 5.41) is 5.90. The molecule has 0 bridgehead atoms. The third-order valence-corrected chi connectivity index (χ3v) is 3.56. The van der Waals surface area contributed by atoms with E-state index in [4.69, 9.17) is 17.3 Å².